The van der Waals surface area contributed by atoms with Crippen LogP contribution in [0, 0.1) is 5.92 Å². The number of ether oxygens (including phenoxy) is 2. The minimum Gasteiger partial charge on any atom is -0.379 e. The summed E-state index contributed by atoms with van der Waals surface area (Å²) >= 11 is 0. The predicted octanol–water partition coefficient (Wildman–Crippen LogP) is 0.282. The first-order valence-electron chi connectivity index (χ1n) is 6.41. The molecule has 0 spiro atoms. The number of nitrogens with one attached hydrogen (secondary N) is 1. The highest BCUT2D eigenvalue weighted by molar-refractivity contribution is 5.85. The van der Waals surface area contributed by atoms with Crippen molar-refractivity contribution in [2.45, 2.75) is 18.9 Å². The lowest BCUT2D eigenvalue weighted by Crippen LogP contribution is -2.52. The Labute approximate surface area is 115 Å². The molecular formula is C12H23ClN2O3. The van der Waals surface area contributed by atoms with Crippen molar-refractivity contribution < 1.29 is 14.3 Å². The highest BCUT2D eigenvalue weighted by Crippen LogP contribution is 2.28. The van der Waals surface area contributed by atoms with Crippen LogP contribution in [0.15, 0.2) is 0 Å². The van der Waals surface area contributed by atoms with E-state index < -0.39 is 0 Å². The van der Waals surface area contributed by atoms with Crippen LogP contribution in [0.25, 0.3) is 0 Å². The number of carbonyl (C=O) groups is 1. The maximum absolute atomic E-state index is 12.0. The zero-order chi connectivity index (χ0) is 12.1. The molecular weight excluding hydrogens is 256 g/mol. The summed E-state index contributed by atoms with van der Waals surface area (Å²) in [7, 11) is 1.82. The Bertz CT molecular complexity index is 256. The van der Waals surface area contributed by atoms with E-state index in [0.29, 0.717) is 26.4 Å². The van der Waals surface area contributed by atoms with Gasteiger partial charge in [-0.1, -0.05) is 0 Å². The van der Waals surface area contributed by atoms with Gasteiger partial charge in [0, 0.05) is 26.7 Å². The summed E-state index contributed by atoms with van der Waals surface area (Å²) < 4.78 is 10.8. The van der Waals surface area contributed by atoms with Gasteiger partial charge in [-0.25, -0.2) is 0 Å². The number of amides is 1. The second-order valence-electron chi connectivity index (χ2n) is 4.86. The van der Waals surface area contributed by atoms with Gasteiger partial charge in [-0.15, -0.1) is 12.4 Å². The van der Waals surface area contributed by atoms with Crippen molar-refractivity contribution in [2.75, 3.05) is 46.6 Å². The van der Waals surface area contributed by atoms with Crippen LogP contribution in [-0.2, 0) is 14.3 Å². The summed E-state index contributed by atoms with van der Waals surface area (Å²) in [4.78, 5) is 13.7. The lowest BCUT2D eigenvalue weighted by Gasteiger charge is -2.27. The van der Waals surface area contributed by atoms with Crippen LogP contribution in [0.2, 0.25) is 0 Å². The molecule has 1 atom stereocenters. The molecule has 5 nitrogen and oxygen atoms in total. The molecule has 6 heteroatoms. The number of morpholine rings is 1. The Morgan fingerprint density at radius 3 is 2.89 bits per heavy atom. The minimum absolute atomic E-state index is 0. The van der Waals surface area contributed by atoms with Crippen molar-refractivity contribution in [2.24, 2.45) is 5.92 Å². The molecule has 1 saturated carbocycles. The largest absolute Gasteiger partial charge is 0.379 e. The van der Waals surface area contributed by atoms with Gasteiger partial charge in [0.2, 0.25) is 5.91 Å². The Kier molecular flexibility index (Phi) is 6.92. The molecule has 1 heterocycles. The molecule has 2 aliphatic rings. The highest BCUT2D eigenvalue weighted by atomic mass is 35.5. The maximum Gasteiger partial charge on any atom is 0.241 e. The molecule has 1 aliphatic carbocycles. The number of hydrogen-bond donors (Lipinski definition) is 1. The van der Waals surface area contributed by atoms with Crippen molar-refractivity contribution in [1.29, 1.82) is 0 Å². The molecule has 2 fully saturated rings. The second-order valence-corrected chi connectivity index (χ2v) is 4.86. The average Bonchev–Trinajstić information content (AvgIpc) is 3.18. The Balaban J connectivity index is 0.00000162. The monoisotopic (exact) mass is 278 g/mol. The molecule has 1 N–H and O–H groups in total. The summed E-state index contributed by atoms with van der Waals surface area (Å²) in [6.45, 7) is 4.06. The molecule has 0 bridgehead atoms. The first-order chi connectivity index (χ1) is 8.27. The number of carbonyl (C=O) groups excluding carboxylic acids is 1. The van der Waals surface area contributed by atoms with Crippen molar-refractivity contribution >= 4 is 18.3 Å². The molecule has 0 aromatic heterocycles. The predicted molar refractivity (Wildman–Crippen MR) is 71.0 cm³/mol. The molecule has 1 amide bonds. The molecule has 0 radical (unpaired) electrons. The standard InChI is InChI=1S/C12H22N2O3.ClH/c1-14(5-7-17-8-10-2-3-10)12(15)11-9-16-6-4-13-11;/h10-11,13H,2-9H2,1H3;1H. The third-order valence-electron chi connectivity index (χ3n) is 3.22. The van der Waals surface area contributed by atoms with Gasteiger partial charge in [0.1, 0.15) is 6.04 Å². The minimum atomic E-state index is -0.183. The topological polar surface area (TPSA) is 50.8 Å². The fourth-order valence-corrected chi connectivity index (χ4v) is 1.84. The van der Waals surface area contributed by atoms with Crippen LogP contribution in [-0.4, -0.2) is 63.4 Å². The van der Waals surface area contributed by atoms with Crippen LogP contribution >= 0.6 is 12.4 Å². The zero-order valence-corrected chi connectivity index (χ0v) is 11.7. The zero-order valence-electron chi connectivity index (χ0n) is 10.9. The van der Waals surface area contributed by atoms with Gasteiger partial charge in [0.25, 0.3) is 0 Å². The molecule has 2 rings (SSSR count). The normalized spacial score (nSPS) is 23.3. The van der Waals surface area contributed by atoms with Crippen LogP contribution in [0.3, 0.4) is 0 Å². The molecule has 18 heavy (non-hydrogen) atoms. The molecule has 0 aromatic rings. The van der Waals surface area contributed by atoms with E-state index in [1.54, 1.807) is 4.90 Å². The van der Waals surface area contributed by atoms with E-state index >= 15 is 0 Å². The first-order valence-corrected chi connectivity index (χ1v) is 6.41. The summed E-state index contributed by atoms with van der Waals surface area (Å²) in [5.74, 6) is 0.879. The molecule has 1 saturated heterocycles. The number of halogens is 1. The quantitative estimate of drug-likeness (QED) is 0.709. The van der Waals surface area contributed by atoms with E-state index in [4.69, 9.17) is 9.47 Å². The van der Waals surface area contributed by atoms with Gasteiger partial charge in [-0.05, 0) is 18.8 Å². The first kappa shape index (κ1) is 15.7. The van der Waals surface area contributed by atoms with Crippen molar-refractivity contribution in [3.63, 3.8) is 0 Å². The summed E-state index contributed by atoms with van der Waals surface area (Å²) in [6.07, 6.45) is 2.61. The van der Waals surface area contributed by atoms with E-state index in [9.17, 15) is 4.79 Å². The van der Waals surface area contributed by atoms with E-state index in [1.165, 1.54) is 12.8 Å². The molecule has 1 unspecified atom stereocenters. The number of rotatable bonds is 6. The van der Waals surface area contributed by atoms with Crippen molar-refractivity contribution in [3.8, 4) is 0 Å². The Morgan fingerprint density at radius 2 is 2.28 bits per heavy atom. The lowest BCUT2D eigenvalue weighted by atomic mass is 10.2. The fraction of sp³-hybridized carbons (Fsp3) is 0.917. The summed E-state index contributed by atoms with van der Waals surface area (Å²) in [6, 6.07) is -0.183. The third kappa shape index (κ3) is 5.10. The molecule has 0 aromatic carbocycles. The van der Waals surface area contributed by atoms with Crippen LogP contribution in [0.4, 0.5) is 0 Å². The van der Waals surface area contributed by atoms with E-state index in [2.05, 4.69) is 5.32 Å². The van der Waals surface area contributed by atoms with E-state index in [1.807, 2.05) is 7.05 Å². The van der Waals surface area contributed by atoms with Gasteiger partial charge < -0.3 is 19.7 Å². The number of hydrogen-bond acceptors (Lipinski definition) is 4. The van der Waals surface area contributed by atoms with Gasteiger partial charge in [0.15, 0.2) is 0 Å². The maximum atomic E-state index is 12.0. The average molecular weight is 279 g/mol. The fourth-order valence-electron chi connectivity index (χ4n) is 1.84. The van der Waals surface area contributed by atoms with E-state index in [0.717, 1.165) is 19.1 Å². The van der Waals surface area contributed by atoms with Gasteiger partial charge in [-0.3, -0.25) is 4.79 Å². The van der Waals surface area contributed by atoms with E-state index in [-0.39, 0.29) is 24.4 Å². The summed E-state index contributed by atoms with van der Waals surface area (Å²) in [5, 5.41) is 3.16. The lowest BCUT2D eigenvalue weighted by molar-refractivity contribution is -0.135. The SMILES string of the molecule is CN(CCOCC1CC1)C(=O)C1COCCN1.Cl. The van der Waals surface area contributed by atoms with Crippen molar-refractivity contribution in [3.05, 3.63) is 0 Å². The van der Waals surface area contributed by atoms with Gasteiger partial charge in [-0.2, -0.15) is 0 Å². The molecule has 106 valence electrons. The third-order valence-corrected chi connectivity index (χ3v) is 3.22. The Hall–Kier alpha value is -0.360. The number of nitrogens with zero attached hydrogens (tertiary/aromatic N) is 1. The highest BCUT2D eigenvalue weighted by Gasteiger charge is 2.24. The smallest absolute Gasteiger partial charge is 0.241 e. The van der Waals surface area contributed by atoms with Crippen LogP contribution < -0.4 is 5.32 Å². The number of likely N-dealkylation sites (N-methyl/N-ethyl adjacent to an activating group) is 1. The second kappa shape index (κ2) is 7.94. The molecule has 1 aliphatic heterocycles. The van der Waals surface area contributed by atoms with Crippen LogP contribution in [0.1, 0.15) is 12.8 Å². The van der Waals surface area contributed by atoms with Crippen LogP contribution in [0.5, 0.6) is 0 Å². The summed E-state index contributed by atoms with van der Waals surface area (Å²) in [5.41, 5.74) is 0. The van der Waals surface area contributed by atoms with Gasteiger partial charge in [0.05, 0.1) is 19.8 Å². The van der Waals surface area contributed by atoms with Crippen molar-refractivity contribution in [1.82, 2.24) is 10.2 Å². The van der Waals surface area contributed by atoms with Gasteiger partial charge >= 0.3 is 0 Å². The Morgan fingerprint density at radius 1 is 1.50 bits per heavy atom.